The Bertz CT molecular complexity index is 904. The molecule has 1 heterocycles. The van der Waals surface area contributed by atoms with Crippen LogP contribution in [0, 0.1) is 21.8 Å². The van der Waals surface area contributed by atoms with Crippen molar-refractivity contribution in [1.29, 1.82) is 0 Å². The second-order valence-electron chi connectivity index (χ2n) is 4.10. The fourth-order valence-corrected chi connectivity index (χ4v) is 1.94. The Hall–Kier alpha value is -2.59. The van der Waals surface area contributed by atoms with Crippen molar-refractivity contribution in [3.05, 3.63) is 53.7 Å². The van der Waals surface area contributed by atoms with Gasteiger partial charge < -0.3 is 5.11 Å². The number of aryl methyl sites for hydroxylation is 1. The molecule has 1 aromatic carbocycles. The third kappa shape index (κ3) is 3.02. The minimum Gasteiger partial charge on any atom is -0.502 e. The maximum Gasteiger partial charge on any atom is 0.312 e. The molecule has 9 nitrogen and oxygen atoms in total. The van der Waals surface area contributed by atoms with Crippen molar-refractivity contribution in [2.75, 3.05) is 0 Å². The van der Waals surface area contributed by atoms with E-state index in [2.05, 4.69) is 15.3 Å². The molecule has 0 spiro atoms. The van der Waals surface area contributed by atoms with Gasteiger partial charge in [-0.15, -0.1) is 0 Å². The first kappa shape index (κ1) is 15.8. The zero-order chi connectivity index (χ0) is 16.4. The first-order valence-electron chi connectivity index (χ1n) is 5.71. The van der Waals surface area contributed by atoms with Crippen LogP contribution in [0.1, 0.15) is 11.3 Å². The smallest absolute Gasteiger partial charge is 0.312 e. The highest BCUT2D eigenvalue weighted by Gasteiger charge is 2.17. The molecule has 0 amide bonds. The van der Waals surface area contributed by atoms with Crippen LogP contribution in [0.25, 0.3) is 0 Å². The maximum absolute atomic E-state index is 11.8. The van der Waals surface area contributed by atoms with E-state index in [1.165, 1.54) is 13.0 Å². The summed E-state index contributed by atoms with van der Waals surface area (Å²) in [7, 11) is 0. The summed E-state index contributed by atoms with van der Waals surface area (Å²) in [6.45, 7) is 1.46. The number of halogens is 1. The Morgan fingerprint density at radius 2 is 2.27 bits per heavy atom. The van der Waals surface area contributed by atoms with Crippen LogP contribution in [0.5, 0.6) is 5.75 Å². The molecule has 0 bridgehead atoms. The van der Waals surface area contributed by atoms with E-state index in [0.29, 0.717) is 0 Å². The van der Waals surface area contributed by atoms with Crippen molar-refractivity contribution in [3.8, 4) is 5.75 Å². The topological polar surface area (TPSA) is 126 Å². The van der Waals surface area contributed by atoms with Gasteiger partial charge in [-0.05, 0) is 25.2 Å². The van der Waals surface area contributed by atoms with Crippen LogP contribution in [-0.2, 0) is 0 Å². The number of phenolic OH excluding ortho intramolecular Hbond substituents is 1. The summed E-state index contributed by atoms with van der Waals surface area (Å²) in [5.74, 6) is -0.619. The van der Waals surface area contributed by atoms with E-state index < -0.39 is 21.9 Å². The number of nitrogens with one attached hydrogen (secondary N) is 1. The summed E-state index contributed by atoms with van der Waals surface area (Å²) in [6, 6.07) is 2.27. The van der Waals surface area contributed by atoms with Crippen LogP contribution in [0.4, 0.5) is 5.69 Å². The first-order chi connectivity index (χ1) is 10.3. The highest BCUT2D eigenvalue weighted by Crippen LogP contribution is 2.32. The quantitative estimate of drug-likeness (QED) is 0.379. The number of rotatable bonds is 3. The number of phenols is 1. The van der Waals surface area contributed by atoms with E-state index in [1.54, 1.807) is 0 Å². The number of H-pyrrole nitrogens is 1. The molecule has 2 aromatic rings. The average Bonchev–Trinajstić information content (AvgIpc) is 2.45. The third-order valence-corrected chi connectivity index (χ3v) is 3.09. The lowest BCUT2D eigenvalue weighted by molar-refractivity contribution is -0.385. The lowest BCUT2D eigenvalue weighted by atomic mass is 10.2. The maximum atomic E-state index is 11.8. The number of hydrogen-bond donors (Lipinski definition) is 2. The summed E-state index contributed by atoms with van der Waals surface area (Å²) in [4.78, 5) is 21.9. The molecule has 0 unspecified atom stereocenters. The summed E-state index contributed by atoms with van der Waals surface area (Å²) < 4.78 is 0.770. The highest BCUT2D eigenvalue weighted by molar-refractivity contribution is 7.71. The Morgan fingerprint density at radius 1 is 1.59 bits per heavy atom. The van der Waals surface area contributed by atoms with Gasteiger partial charge in [-0.25, -0.2) is 0 Å². The van der Waals surface area contributed by atoms with Crippen LogP contribution >= 0.6 is 23.8 Å². The summed E-state index contributed by atoms with van der Waals surface area (Å²) in [5, 5.41) is 30.6. The van der Waals surface area contributed by atoms with Crippen molar-refractivity contribution in [2.24, 2.45) is 5.10 Å². The van der Waals surface area contributed by atoms with Gasteiger partial charge in [0.05, 0.1) is 11.1 Å². The van der Waals surface area contributed by atoms with Crippen molar-refractivity contribution >= 4 is 35.7 Å². The first-order valence-corrected chi connectivity index (χ1v) is 6.49. The van der Waals surface area contributed by atoms with Crippen molar-refractivity contribution < 1.29 is 10.0 Å². The molecule has 2 rings (SSSR count). The number of aromatic amines is 1. The van der Waals surface area contributed by atoms with Crippen molar-refractivity contribution in [2.45, 2.75) is 6.92 Å². The molecular formula is C11H8ClN5O4S. The zero-order valence-corrected chi connectivity index (χ0v) is 12.6. The van der Waals surface area contributed by atoms with Crippen LogP contribution in [0.3, 0.4) is 0 Å². The second-order valence-corrected chi connectivity index (χ2v) is 4.92. The van der Waals surface area contributed by atoms with Crippen LogP contribution in [0.2, 0.25) is 5.02 Å². The summed E-state index contributed by atoms with van der Waals surface area (Å²) in [5.41, 5.74) is -1.03. The molecule has 0 saturated heterocycles. The molecule has 2 N–H and O–H groups in total. The summed E-state index contributed by atoms with van der Waals surface area (Å²) >= 11 is 10.6. The highest BCUT2D eigenvalue weighted by atomic mass is 35.5. The monoisotopic (exact) mass is 341 g/mol. The van der Waals surface area contributed by atoms with Gasteiger partial charge in [0.15, 0.2) is 0 Å². The van der Waals surface area contributed by atoms with E-state index in [4.69, 9.17) is 23.8 Å². The van der Waals surface area contributed by atoms with Gasteiger partial charge in [-0.3, -0.25) is 20.0 Å². The summed E-state index contributed by atoms with van der Waals surface area (Å²) in [6.07, 6.45) is 1.04. The number of nitro benzene ring substituents is 1. The number of nitro groups is 1. The fourth-order valence-electron chi connectivity index (χ4n) is 1.54. The van der Waals surface area contributed by atoms with Gasteiger partial charge in [-0.2, -0.15) is 14.9 Å². The van der Waals surface area contributed by atoms with Crippen LogP contribution < -0.4 is 5.56 Å². The minimum absolute atomic E-state index is 0.0324. The van der Waals surface area contributed by atoms with E-state index in [0.717, 1.165) is 17.0 Å². The fraction of sp³-hybridized carbons (Fsp3) is 0.0909. The lowest BCUT2D eigenvalue weighted by Gasteiger charge is -2.02. The van der Waals surface area contributed by atoms with Gasteiger partial charge in [-0.1, -0.05) is 11.6 Å². The van der Waals surface area contributed by atoms with Crippen LogP contribution in [-0.4, -0.2) is 31.1 Å². The van der Waals surface area contributed by atoms with Crippen LogP contribution in [0.15, 0.2) is 22.0 Å². The molecule has 0 saturated carbocycles. The second kappa shape index (κ2) is 6.03. The Kier molecular flexibility index (Phi) is 4.33. The van der Waals surface area contributed by atoms with E-state index >= 15 is 0 Å². The number of nitrogens with zero attached hydrogens (tertiary/aromatic N) is 4. The predicted molar refractivity (Wildman–Crippen MR) is 81.2 cm³/mol. The standard InChI is InChI=1S/C11H8ClN5O4S/c1-5-10(19)16(11(22)15-14-5)13-4-6-2-7(12)3-8(9(6)18)17(20)21/h2-4,18H,1H3,(H,15,22)/b13-4-. The van der Waals surface area contributed by atoms with E-state index in [-0.39, 0.29) is 21.1 Å². The van der Waals surface area contributed by atoms with E-state index in [1.807, 2.05) is 0 Å². The third-order valence-electron chi connectivity index (χ3n) is 2.61. The molecule has 114 valence electrons. The molecule has 0 atom stereocenters. The SMILES string of the molecule is Cc1n[nH]c(=S)n(/N=C\c2cc(Cl)cc([N+](=O)[O-])c2O)c1=O. The molecular weight excluding hydrogens is 334 g/mol. The Labute approximate surface area is 132 Å². The minimum atomic E-state index is -0.784. The van der Waals surface area contributed by atoms with E-state index in [9.17, 15) is 20.0 Å². The van der Waals surface area contributed by atoms with Gasteiger partial charge in [0.1, 0.15) is 5.69 Å². The molecule has 0 aliphatic carbocycles. The predicted octanol–water partition coefficient (Wildman–Crippen LogP) is 1.76. The van der Waals surface area contributed by atoms with Gasteiger partial charge in [0.25, 0.3) is 5.56 Å². The number of aromatic nitrogens is 3. The molecule has 22 heavy (non-hydrogen) atoms. The molecule has 0 aliphatic heterocycles. The van der Waals surface area contributed by atoms with Gasteiger partial charge in [0, 0.05) is 16.7 Å². The Morgan fingerprint density at radius 3 is 2.91 bits per heavy atom. The molecule has 0 aliphatic rings. The van der Waals surface area contributed by atoms with Gasteiger partial charge in [0.2, 0.25) is 10.5 Å². The lowest BCUT2D eigenvalue weighted by Crippen LogP contribution is -2.22. The zero-order valence-electron chi connectivity index (χ0n) is 11.0. The molecule has 0 fully saturated rings. The molecule has 1 aromatic heterocycles. The number of aromatic hydroxyl groups is 1. The molecule has 11 heteroatoms. The Balaban J connectivity index is 2.57. The number of benzene rings is 1. The molecule has 0 radical (unpaired) electrons. The number of hydrogen-bond acceptors (Lipinski definition) is 7. The largest absolute Gasteiger partial charge is 0.502 e. The average molecular weight is 342 g/mol. The van der Waals surface area contributed by atoms with Crippen molar-refractivity contribution in [1.82, 2.24) is 14.9 Å². The van der Waals surface area contributed by atoms with Crippen molar-refractivity contribution in [3.63, 3.8) is 0 Å². The van der Waals surface area contributed by atoms with Gasteiger partial charge >= 0.3 is 5.69 Å². The normalized spacial score (nSPS) is 11.0.